The molecule has 1 aromatic carbocycles. The second-order valence-corrected chi connectivity index (χ2v) is 14.9. The molecule has 1 aliphatic rings. The maximum Gasteiger partial charge on any atom is 0.419 e. The Labute approximate surface area is 173 Å². The Morgan fingerprint density at radius 2 is 1.83 bits per heavy atom. The molecule has 0 saturated carbocycles. The molecule has 0 radical (unpaired) electrons. The summed E-state index contributed by atoms with van der Waals surface area (Å²) in [7, 11) is -1.96. The summed E-state index contributed by atoms with van der Waals surface area (Å²) in [5, 5.41) is 0.933. The van der Waals surface area contributed by atoms with Crippen LogP contribution in [0, 0.1) is 0 Å². The average Bonchev–Trinajstić information content (AvgIpc) is 3.08. The van der Waals surface area contributed by atoms with Crippen LogP contribution < -0.4 is 0 Å². The lowest BCUT2D eigenvalue weighted by atomic mass is 10.1. The molecule has 0 aliphatic carbocycles. The highest BCUT2D eigenvalue weighted by Crippen LogP contribution is 2.39. The summed E-state index contributed by atoms with van der Waals surface area (Å²) in [6.07, 6.45) is -0.579. The van der Waals surface area contributed by atoms with Gasteiger partial charge >= 0.3 is 12.1 Å². The van der Waals surface area contributed by atoms with Gasteiger partial charge in [0.25, 0.3) is 0 Å². The van der Waals surface area contributed by atoms with E-state index in [1.165, 1.54) is 4.57 Å². The summed E-state index contributed by atoms with van der Waals surface area (Å²) in [5.41, 5.74) is 1.91. The van der Waals surface area contributed by atoms with Crippen LogP contribution in [0.1, 0.15) is 63.2 Å². The van der Waals surface area contributed by atoms with Gasteiger partial charge in [0.05, 0.1) is 12.1 Å². The molecule has 158 valence electrons. The number of aromatic nitrogens is 1. The quantitative estimate of drug-likeness (QED) is 0.479. The van der Waals surface area contributed by atoms with Crippen LogP contribution in [0.25, 0.3) is 10.9 Å². The molecule has 6 nitrogen and oxygen atoms in total. The number of hydrogen-bond acceptors (Lipinski definition) is 5. The minimum absolute atomic E-state index is 0.0877. The van der Waals surface area contributed by atoms with Crippen LogP contribution in [0.2, 0.25) is 18.1 Å². The van der Waals surface area contributed by atoms with Gasteiger partial charge in [-0.2, -0.15) is 0 Å². The summed E-state index contributed by atoms with van der Waals surface area (Å²) in [4.78, 5) is 25.3. The zero-order chi connectivity index (χ0) is 21.8. The third kappa shape index (κ3) is 3.98. The Bertz CT molecular complexity index is 976. The highest BCUT2D eigenvalue weighted by molar-refractivity contribution is 6.74. The molecular formula is C22H31NO5Si. The molecule has 0 amide bonds. The number of carbonyl (C=O) groups is 2. The third-order valence-corrected chi connectivity index (χ3v) is 10.2. The number of esters is 1. The van der Waals surface area contributed by atoms with Gasteiger partial charge in [-0.05, 0) is 50.5 Å². The lowest BCUT2D eigenvalue weighted by Crippen LogP contribution is -2.40. The van der Waals surface area contributed by atoms with Gasteiger partial charge in [-0.15, -0.1) is 0 Å². The molecule has 2 heterocycles. The van der Waals surface area contributed by atoms with Gasteiger partial charge in [0.15, 0.2) is 8.32 Å². The lowest BCUT2D eigenvalue weighted by Gasteiger charge is -2.36. The molecule has 1 aliphatic heterocycles. The largest absolute Gasteiger partial charge is 0.456 e. The van der Waals surface area contributed by atoms with E-state index in [1.54, 1.807) is 20.8 Å². The van der Waals surface area contributed by atoms with Crippen molar-refractivity contribution in [2.75, 3.05) is 0 Å². The standard InChI is InChI=1S/C22H31NO5Si/c1-21(2,3)28-20(25)23-16-11-9-10-14(12-27-29(7,8)22(4,5)6)17(16)15-13-26-19(24)18(15)23/h9-11H,12-13H2,1-8H3. The van der Waals surface area contributed by atoms with E-state index in [4.69, 9.17) is 13.9 Å². The Hall–Kier alpha value is -2.12. The molecule has 0 unspecified atom stereocenters. The fraction of sp³-hybridized carbons (Fsp3) is 0.545. The number of nitrogens with zero attached hydrogens (tertiary/aromatic N) is 1. The van der Waals surface area contributed by atoms with Crippen LogP contribution in [0.3, 0.4) is 0 Å². The van der Waals surface area contributed by atoms with Gasteiger partial charge < -0.3 is 13.9 Å². The first kappa shape index (κ1) is 21.6. The third-order valence-electron chi connectivity index (χ3n) is 5.69. The number of ether oxygens (including phenoxy) is 2. The number of fused-ring (bicyclic) bond motifs is 3. The van der Waals surface area contributed by atoms with Crippen molar-refractivity contribution in [2.24, 2.45) is 0 Å². The molecule has 3 rings (SSSR count). The zero-order valence-corrected chi connectivity index (χ0v) is 19.6. The number of benzene rings is 1. The van der Waals surface area contributed by atoms with E-state index >= 15 is 0 Å². The van der Waals surface area contributed by atoms with Crippen LogP contribution in [-0.4, -0.2) is 30.5 Å². The topological polar surface area (TPSA) is 66.8 Å². The molecule has 7 heteroatoms. The highest BCUT2D eigenvalue weighted by atomic mass is 28.4. The highest BCUT2D eigenvalue weighted by Gasteiger charge is 2.38. The van der Waals surface area contributed by atoms with Crippen molar-refractivity contribution in [1.82, 2.24) is 4.57 Å². The van der Waals surface area contributed by atoms with Crippen molar-refractivity contribution in [1.29, 1.82) is 0 Å². The van der Waals surface area contributed by atoms with Crippen LogP contribution in [0.5, 0.6) is 0 Å². The first-order valence-corrected chi connectivity index (χ1v) is 12.8. The SMILES string of the molecule is CC(C)(C)OC(=O)n1c2c(c3c(CO[Si](C)(C)C(C)(C)C)cccc31)COC2=O. The van der Waals surface area contributed by atoms with E-state index in [-0.39, 0.29) is 17.3 Å². The Balaban J connectivity index is 2.10. The molecule has 1 aromatic heterocycles. The van der Waals surface area contributed by atoms with Crippen molar-refractivity contribution >= 4 is 31.3 Å². The predicted octanol–water partition coefficient (Wildman–Crippen LogP) is 5.62. The van der Waals surface area contributed by atoms with E-state index in [0.717, 1.165) is 16.5 Å². The maximum absolute atomic E-state index is 12.9. The summed E-state index contributed by atoms with van der Waals surface area (Å²) >= 11 is 0. The van der Waals surface area contributed by atoms with Gasteiger partial charge in [0, 0.05) is 10.9 Å². The lowest BCUT2D eigenvalue weighted by molar-refractivity contribution is 0.0471. The molecular weight excluding hydrogens is 386 g/mol. The molecule has 0 saturated heterocycles. The Morgan fingerprint density at radius 1 is 1.17 bits per heavy atom. The van der Waals surface area contributed by atoms with Crippen LogP contribution in [-0.2, 0) is 27.1 Å². The summed E-state index contributed by atoms with van der Waals surface area (Å²) in [6, 6.07) is 5.70. The zero-order valence-electron chi connectivity index (χ0n) is 18.6. The summed E-state index contributed by atoms with van der Waals surface area (Å²) in [5.74, 6) is -0.502. The number of rotatable bonds is 3. The number of cyclic esters (lactones) is 1. The molecule has 0 atom stereocenters. The van der Waals surface area contributed by atoms with Gasteiger partial charge in [-0.25, -0.2) is 14.2 Å². The van der Waals surface area contributed by atoms with E-state index in [2.05, 4.69) is 33.9 Å². The minimum atomic E-state index is -1.96. The van der Waals surface area contributed by atoms with Crippen molar-refractivity contribution < 1.29 is 23.5 Å². The van der Waals surface area contributed by atoms with Crippen molar-refractivity contribution in [2.45, 2.75) is 78.5 Å². The van der Waals surface area contributed by atoms with Crippen molar-refractivity contribution in [3.05, 3.63) is 35.0 Å². The van der Waals surface area contributed by atoms with Crippen molar-refractivity contribution in [3.8, 4) is 0 Å². The van der Waals surface area contributed by atoms with Crippen LogP contribution >= 0.6 is 0 Å². The second kappa shape index (κ2) is 6.99. The van der Waals surface area contributed by atoms with E-state index in [9.17, 15) is 9.59 Å². The smallest absolute Gasteiger partial charge is 0.419 e. The van der Waals surface area contributed by atoms with E-state index in [0.29, 0.717) is 12.1 Å². The monoisotopic (exact) mass is 417 g/mol. The normalized spacial score (nSPS) is 14.8. The van der Waals surface area contributed by atoms with Gasteiger partial charge in [0.2, 0.25) is 0 Å². The van der Waals surface area contributed by atoms with E-state index in [1.807, 2.05) is 18.2 Å². The van der Waals surface area contributed by atoms with E-state index < -0.39 is 26.0 Å². The molecule has 2 aromatic rings. The number of hydrogen-bond donors (Lipinski definition) is 0. The summed E-state index contributed by atoms with van der Waals surface area (Å²) in [6.45, 7) is 17.0. The van der Waals surface area contributed by atoms with Gasteiger partial charge in [-0.3, -0.25) is 0 Å². The fourth-order valence-corrected chi connectivity index (χ4v) is 4.10. The van der Waals surface area contributed by atoms with Gasteiger partial charge in [0.1, 0.15) is 17.9 Å². The molecule has 0 fully saturated rings. The fourth-order valence-electron chi connectivity index (χ4n) is 3.15. The first-order chi connectivity index (χ1) is 13.2. The minimum Gasteiger partial charge on any atom is -0.456 e. The summed E-state index contributed by atoms with van der Waals surface area (Å²) < 4.78 is 18.6. The van der Waals surface area contributed by atoms with Crippen LogP contribution in [0.4, 0.5) is 4.79 Å². The van der Waals surface area contributed by atoms with Crippen molar-refractivity contribution in [3.63, 3.8) is 0 Å². The average molecular weight is 418 g/mol. The maximum atomic E-state index is 12.9. The van der Waals surface area contributed by atoms with Gasteiger partial charge in [-0.1, -0.05) is 32.9 Å². The second-order valence-electron chi connectivity index (χ2n) is 10.1. The predicted molar refractivity (Wildman–Crippen MR) is 115 cm³/mol. The Kier molecular flexibility index (Phi) is 5.20. The molecule has 0 spiro atoms. The van der Waals surface area contributed by atoms with Crippen LogP contribution in [0.15, 0.2) is 18.2 Å². The molecule has 29 heavy (non-hydrogen) atoms. The Morgan fingerprint density at radius 3 is 2.41 bits per heavy atom. The molecule has 0 bridgehead atoms. The molecule has 0 N–H and O–H groups in total. The number of carbonyl (C=O) groups excluding carboxylic acids is 2. The first-order valence-electron chi connectivity index (χ1n) is 9.92.